The van der Waals surface area contributed by atoms with E-state index < -0.39 is 0 Å². The van der Waals surface area contributed by atoms with Gasteiger partial charge >= 0.3 is 0 Å². The van der Waals surface area contributed by atoms with E-state index in [0.29, 0.717) is 0 Å². The highest BCUT2D eigenvalue weighted by molar-refractivity contribution is 5.80. The average molecular weight is 369 g/mol. The van der Waals surface area contributed by atoms with Crippen LogP contribution in [0.2, 0.25) is 0 Å². The highest BCUT2D eigenvalue weighted by Gasteiger charge is 1.95. The van der Waals surface area contributed by atoms with Crippen LogP contribution in [0.15, 0.2) is 67.3 Å². The van der Waals surface area contributed by atoms with Crippen LogP contribution in [0.3, 0.4) is 0 Å². The van der Waals surface area contributed by atoms with Crippen molar-refractivity contribution >= 4 is 11.6 Å². The van der Waals surface area contributed by atoms with Gasteiger partial charge < -0.3 is 0 Å². The van der Waals surface area contributed by atoms with Gasteiger partial charge in [-0.1, -0.05) is 121 Å². The Morgan fingerprint density at radius 3 is 1.56 bits per heavy atom. The van der Waals surface area contributed by atoms with Crippen LogP contribution in [0.25, 0.3) is 11.6 Å². The molecule has 0 radical (unpaired) electrons. The fourth-order valence-corrected chi connectivity index (χ4v) is 1.70. The maximum absolute atomic E-state index is 3.36. The average Bonchev–Trinajstić information content (AvgIpc) is 2.66. The molecule has 0 bridgehead atoms. The molecule has 2 aromatic carbocycles. The van der Waals surface area contributed by atoms with Crippen molar-refractivity contribution in [1.82, 2.24) is 0 Å². The summed E-state index contributed by atoms with van der Waals surface area (Å²) in [5.41, 5.74) is 5.14. The zero-order chi connectivity index (χ0) is 21.7. The Morgan fingerprint density at radius 1 is 0.815 bits per heavy atom. The number of hydrogen-bond donors (Lipinski definition) is 0. The maximum atomic E-state index is 3.36. The highest BCUT2D eigenvalue weighted by atomic mass is 14.0. The van der Waals surface area contributed by atoms with Gasteiger partial charge in [-0.2, -0.15) is 0 Å². The fraction of sp³-hybridized carbons (Fsp3) is 0.407. The van der Waals surface area contributed by atoms with Crippen LogP contribution in [0.5, 0.6) is 0 Å². The fourth-order valence-electron chi connectivity index (χ4n) is 1.70. The summed E-state index contributed by atoms with van der Waals surface area (Å²) in [4.78, 5) is 0. The predicted octanol–water partition coefficient (Wildman–Crippen LogP) is 9.46. The van der Waals surface area contributed by atoms with Crippen molar-refractivity contribution in [2.24, 2.45) is 5.92 Å². The van der Waals surface area contributed by atoms with Gasteiger partial charge in [0.25, 0.3) is 0 Å². The van der Waals surface area contributed by atoms with Crippen LogP contribution in [-0.2, 0) is 0 Å². The molecule has 0 aliphatic rings. The molecule has 0 aromatic heterocycles. The molecular weight excluding hydrogens is 324 g/mol. The second-order valence-corrected chi connectivity index (χ2v) is 6.24. The Kier molecular flexibility index (Phi) is 24.1. The van der Waals surface area contributed by atoms with E-state index in [0.717, 1.165) is 5.92 Å². The lowest BCUT2D eigenvalue weighted by atomic mass is 10.0. The van der Waals surface area contributed by atoms with Crippen LogP contribution in [0.1, 0.15) is 79.0 Å². The van der Waals surface area contributed by atoms with Crippen LogP contribution in [-0.4, -0.2) is 0 Å². The number of aryl methyl sites for hydroxylation is 1. The second kappa shape index (κ2) is 22.0. The molecule has 0 saturated carbocycles. The van der Waals surface area contributed by atoms with Crippen LogP contribution < -0.4 is 0 Å². The molecular formula is C27H44. The molecule has 0 amide bonds. The molecule has 0 heterocycles. The molecule has 152 valence electrons. The minimum absolute atomic E-state index is 0.833. The van der Waals surface area contributed by atoms with Crippen molar-refractivity contribution < 1.29 is 0 Å². The van der Waals surface area contributed by atoms with Crippen molar-refractivity contribution in [2.45, 2.75) is 69.2 Å². The van der Waals surface area contributed by atoms with E-state index in [4.69, 9.17) is 0 Å². The zero-order valence-electron chi connectivity index (χ0n) is 19.6. The van der Waals surface area contributed by atoms with Crippen LogP contribution >= 0.6 is 0 Å². The van der Waals surface area contributed by atoms with Gasteiger partial charge in [-0.3, -0.25) is 0 Å². The molecule has 2 rings (SSSR count). The van der Waals surface area contributed by atoms with E-state index in [2.05, 4.69) is 95.8 Å². The van der Waals surface area contributed by atoms with Gasteiger partial charge in [-0.15, -0.1) is 6.58 Å². The molecule has 0 N–H and O–H groups in total. The largest absolute Gasteiger partial charge is 0.103 e. The topological polar surface area (TPSA) is 0 Å². The normalized spacial score (nSPS) is 9.07. The van der Waals surface area contributed by atoms with E-state index in [1.807, 2.05) is 40.7 Å². The van der Waals surface area contributed by atoms with E-state index in [9.17, 15) is 0 Å². The minimum Gasteiger partial charge on any atom is -0.103 e. The van der Waals surface area contributed by atoms with Crippen molar-refractivity contribution in [3.63, 3.8) is 0 Å². The Hall–Kier alpha value is -2.08. The summed E-state index contributed by atoms with van der Waals surface area (Å²) in [7, 11) is 0. The summed E-state index contributed by atoms with van der Waals surface area (Å²) in [6, 6.07) is 19.1. The summed E-state index contributed by atoms with van der Waals surface area (Å²) in [5.74, 6) is 0.833. The lowest BCUT2D eigenvalue weighted by Crippen LogP contribution is -1.80. The molecule has 0 unspecified atom stereocenters. The summed E-state index contributed by atoms with van der Waals surface area (Å²) >= 11 is 0. The van der Waals surface area contributed by atoms with Gasteiger partial charge in [-0.05, 0) is 43.4 Å². The first-order chi connectivity index (χ1) is 12.9. The van der Waals surface area contributed by atoms with Gasteiger partial charge in [-0.25, -0.2) is 0 Å². The number of benzene rings is 2. The molecule has 0 nitrogen and oxygen atoms in total. The molecule has 0 heteroatoms. The first-order valence-corrected chi connectivity index (χ1v) is 10.3. The standard InChI is InChI=1S/C16H16.C4H10.C3H6.2C2H6/c1-13-8-10-16(11-9-13)14(2)12-15-6-4-3-5-7-15;1-4(2)3;1-3-2;2*1-2/h3-12H,1-2H3;4H,1-3H3;3H,1H2,2H3;2*1-2H3/b14-12+;;;;. The van der Waals surface area contributed by atoms with Crippen LogP contribution in [0, 0.1) is 12.8 Å². The molecule has 0 fully saturated rings. The Balaban J connectivity index is -0.000000441. The number of hydrogen-bond acceptors (Lipinski definition) is 0. The first-order valence-electron chi connectivity index (χ1n) is 10.3. The monoisotopic (exact) mass is 368 g/mol. The molecule has 0 aliphatic heterocycles. The summed E-state index contributed by atoms with van der Waals surface area (Å²) in [5, 5.41) is 0. The van der Waals surface area contributed by atoms with Crippen molar-refractivity contribution in [3.05, 3.63) is 83.9 Å². The summed E-state index contributed by atoms with van der Waals surface area (Å²) in [6.45, 7) is 24.0. The molecule has 0 saturated heterocycles. The molecule has 2 aromatic rings. The van der Waals surface area contributed by atoms with Crippen molar-refractivity contribution in [3.8, 4) is 0 Å². The molecule has 0 spiro atoms. The van der Waals surface area contributed by atoms with Gasteiger partial charge in [0.2, 0.25) is 0 Å². The van der Waals surface area contributed by atoms with Gasteiger partial charge in [0.15, 0.2) is 0 Å². The summed E-state index contributed by atoms with van der Waals surface area (Å²) < 4.78 is 0. The third-order valence-electron chi connectivity index (χ3n) is 2.69. The quantitative estimate of drug-likeness (QED) is 0.365. The van der Waals surface area contributed by atoms with E-state index in [1.54, 1.807) is 6.08 Å². The van der Waals surface area contributed by atoms with Crippen LogP contribution in [0.4, 0.5) is 0 Å². The third-order valence-corrected chi connectivity index (χ3v) is 2.69. The minimum atomic E-state index is 0.833. The Bertz CT molecular complexity index is 554. The van der Waals surface area contributed by atoms with Crippen molar-refractivity contribution in [2.75, 3.05) is 0 Å². The molecule has 0 atom stereocenters. The Morgan fingerprint density at radius 2 is 1.19 bits per heavy atom. The van der Waals surface area contributed by atoms with Gasteiger partial charge in [0, 0.05) is 0 Å². The molecule has 0 aliphatic carbocycles. The Labute approximate surface area is 171 Å². The number of allylic oxidation sites excluding steroid dienone is 2. The smallest absolute Gasteiger partial charge is 0.0227 e. The predicted molar refractivity (Wildman–Crippen MR) is 130 cm³/mol. The first kappa shape index (κ1) is 29.7. The lowest BCUT2D eigenvalue weighted by molar-refractivity contribution is 0.737. The van der Waals surface area contributed by atoms with Gasteiger partial charge in [0.1, 0.15) is 0 Å². The van der Waals surface area contributed by atoms with Gasteiger partial charge in [0.05, 0.1) is 0 Å². The highest BCUT2D eigenvalue weighted by Crippen LogP contribution is 2.17. The SMILES string of the molecule is C/C(=C\c1ccccc1)c1ccc(C)cc1.C=CC.CC.CC.CC(C)C. The lowest BCUT2D eigenvalue weighted by Gasteiger charge is -2.02. The second-order valence-electron chi connectivity index (χ2n) is 6.24. The third kappa shape index (κ3) is 20.1. The van der Waals surface area contributed by atoms with Crippen molar-refractivity contribution in [1.29, 1.82) is 0 Å². The number of rotatable bonds is 2. The van der Waals surface area contributed by atoms with E-state index >= 15 is 0 Å². The van der Waals surface area contributed by atoms with E-state index in [1.165, 1.54) is 22.3 Å². The van der Waals surface area contributed by atoms with E-state index in [-0.39, 0.29) is 0 Å². The zero-order valence-corrected chi connectivity index (χ0v) is 19.6. The maximum Gasteiger partial charge on any atom is -0.0227 e. The summed E-state index contributed by atoms with van der Waals surface area (Å²) in [6.07, 6.45) is 3.96. The molecule has 27 heavy (non-hydrogen) atoms.